The number of piperidine rings is 1. The molecule has 3 aromatic carbocycles. The molecule has 3 nitrogen and oxygen atoms in total. The molecule has 0 spiro atoms. The van der Waals surface area contributed by atoms with Crippen molar-refractivity contribution in [1.29, 1.82) is 0 Å². The molecule has 0 aromatic heterocycles. The highest BCUT2D eigenvalue weighted by Crippen LogP contribution is 2.44. The van der Waals surface area contributed by atoms with E-state index in [1.54, 1.807) is 0 Å². The number of benzene rings is 3. The van der Waals surface area contributed by atoms with Crippen molar-refractivity contribution >= 4 is 0 Å². The van der Waals surface area contributed by atoms with Gasteiger partial charge in [0, 0.05) is 25.6 Å². The zero-order valence-electron chi connectivity index (χ0n) is 16.0. The van der Waals surface area contributed by atoms with E-state index < -0.39 is 11.7 Å². The van der Waals surface area contributed by atoms with Crippen molar-refractivity contribution in [3.8, 4) is 0 Å². The van der Waals surface area contributed by atoms with Gasteiger partial charge < -0.3 is 10.2 Å². The predicted octanol–water partition coefficient (Wildman–Crippen LogP) is 4.13. The van der Waals surface area contributed by atoms with Gasteiger partial charge in [0.25, 0.3) is 0 Å². The molecule has 144 valence electrons. The molecule has 0 aliphatic carbocycles. The summed E-state index contributed by atoms with van der Waals surface area (Å²) in [4.78, 5) is 2.34. The maximum absolute atomic E-state index is 11.7. The summed E-state index contributed by atoms with van der Waals surface area (Å²) in [6, 6.07) is 29.9. The molecular weight excluding hydrogens is 346 g/mol. The Morgan fingerprint density at radius 3 is 2.07 bits per heavy atom. The second-order valence-corrected chi connectivity index (χ2v) is 7.72. The Bertz CT molecular complexity index is 869. The molecule has 1 aliphatic rings. The van der Waals surface area contributed by atoms with E-state index in [4.69, 9.17) is 0 Å². The van der Waals surface area contributed by atoms with Crippen LogP contribution < -0.4 is 0 Å². The number of hydrogen-bond donors (Lipinski definition) is 2. The number of aliphatic hydroxyl groups is 2. The fourth-order valence-electron chi connectivity index (χ4n) is 4.35. The summed E-state index contributed by atoms with van der Waals surface area (Å²) in [5, 5.41) is 23.0. The summed E-state index contributed by atoms with van der Waals surface area (Å²) < 4.78 is 0. The molecule has 0 saturated carbocycles. The summed E-state index contributed by atoms with van der Waals surface area (Å²) in [6.07, 6.45) is -0.136. The number of hydrogen-bond acceptors (Lipinski definition) is 3. The van der Waals surface area contributed by atoms with Crippen molar-refractivity contribution in [1.82, 2.24) is 4.90 Å². The summed E-state index contributed by atoms with van der Waals surface area (Å²) in [5.74, 6) is -0.310. The molecule has 0 amide bonds. The quantitative estimate of drug-likeness (QED) is 0.707. The summed E-state index contributed by atoms with van der Waals surface area (Å²) >= 11 is 0. The first kappa shape index (κ1) is 18.9. The van der Waals surface area contributed by atoms with Crippen molar-refractivity contribution < 1.29 is 10.2 Å². The highest BCUT2D eigenvalue weighted by atomic mass is 16.3. The van der Waals surface area contributed by atoms with Crippen LogP contribution in [0.4, 0.5) is 0 Å². The van der Waals surface area contributed by atoms with E-state index in [1.165, 1.54) is 5.56 Å². The molecule has 1 heterocycles. The third-order valence-electron chi connectivity index (χ3n) is 5.92. The Kier molecular flexibility index (Phi) is 5.58. The standard InChI is InChI=1S/C25H27NO2/c27-24(21-12-6-2-7-13-21)23-19-26(18-20-10-4-1-5-11-20)17-16-25(23,28)22-14-8-3-9-15-22/h1-15,23-24,27-28H,16-19H2/t23-,24+,25+/m0/s1. The average molecular weight is 373 g/mol. The minimum atomic E-state index is -1.05. The van der Waals surface area contributed by atoms with Gasteiger partial charge in [-0.15, -0.1) is 0 Å². The number of nitrogens with zero attached hydrogens (tertiary/aromatic N) is 1. The van der Waals surface area contributed by atoms with E-state index in [0.29, 0.717) is 13.0 Å². The maximum Gasteiger partial charge on any atom is 0.0977 e. The van der Waals surface area contributed by atoms with E-state index in [9.17, 15) is 10.2 Å². The summed E-state index contributed by atoms with van der Waals surface area (Å²) in [6.45, 7) is 2.25. The lowest BCUT2D eigenvalue weighted by molar-refractivity contribution is -0.124. The van der Waals surface area contributed by atoms with Crippen LogP contribution in [0.2, 0.25) is 0 Å². The SMILES string of the molecule is O[C@H](c1ccccc1)[C@@H]1CN(Cc2ccccc2)CC[C@@]1(O)c1ccccc1. The summed E-state index contributed by atoms with van der Waals surface area (Å²) in [5.41, 5.74) is 1.93. The van der Waals surface area contributed by atoms with Crippen molar-refractivity contribution in [2.75, 3.05) is 13.1 Å². The zero-order valence-corrected chi connectivity index (χ0v) is 16.0. The van der Waals surface area contributed by atoms with E-state index in [2.05, 4.69) is 29.2 Å². The maximum atomic E-state index is 11.7. The van der Waals surface area contributed by atoms with Gasteiger partial charge in [-0.25, -0.2) is 0 Å². The lowest BCUT2D eigenvalue weighted by Crippen LogP contribution is -2.51. The van der Waals surface area contributed by atoms with Crippen LogP contribution in [0.25, 0.3) is 0 Å². The fourth-order valence-corrected chi connectivity index (χ4v) is 4.35. The van der Waals surface area contributed by atoms with Crippen molar-refractivity contribution in [3.63, 3.8) is 0 Å². The van der Waals surface area contributed by atoms with Gasteiger partial charge in [0.15, 0.2) is 0 Å². The van der Waals surface area contributed by atoms with Gasteiger partial charge in [-0.3, -0.25) is 4.90 Å². The Labute approximate surface area is 166 Å². The van der Waals surface area contributed by atoms with Crippen LogP contribution in [0.5, 0.6) is 0 Å². The molecule has 4 rings (SSSR count). The molecule has 0 unspecified atom stereocenters. The van der Waals surface area contributed by atoms with E-state index in [0.717, 1.165) is 24.2 Å². The van der Waals surface area contributed by atoms with Crippen LogP contribution in [0.15, 0.2) is 91.0 Å². The molecule has 1 saturated heterocycles. The third kappa shape index (κ3) is 3.88. The van der Waals surface area contributed by atoms with Gasteiger partial charge >= 0.3 is 0 Å². The lowest BCUT2D eigenvalue weighted by atomic mass is 9.72. The van der Waals surface area contributed by atoms with Gasteiger partial charge in [-0.05, 0) is 23.1 Å². The second kappa shape index (κ2) is 8.27. The normalized spacial score (nSPS) is 24.0. The molecule has 3 aromatic rings. The largest absolute Gasteiger partial charge is 0.388 e. The Balaban J connectivity index is 1.64. The molecule has 28 heavy (non-hydrogen) atoms. The van der Waals surface area contributed by atoms with E-state index >= 15 is 0 Å². The minimum Gasteiger partial charge on any atom is -0.388 e. The van der Waals surface area contributed by atoms with Crippen LogP contribution >= 0.6 is 0 Å². The Morgan fingerprint density at radius 1 is 0.857 bits per heavy atom. The first-order valence-corrected chi connectivity index (χ1v) is 9.94. The zero-order chi connectivity index (χ0) is 19.4. The topological polar surface area (TPSA) is 43.7 Å². The first-order valence-electron chi connectivity index (χ1n) is 9.94. The lowest BCUT2D eigenvalue weighted by Gasteiger charge is -2.47. The summed E-state index contributed by atoms with van der Waals surface area (Å²) in [7, 11) is 0. The monoisotopic (exact) mass is 373 g/mol. The number of likely N-dealkylation sites (tertiary alicyclic amines) is 1. The molecule has 0 bridgehead atoms. The molecule has 3 atom stereocenters. The van der Waals surface area contributed by atoms with Crippen LogP contribution in [0, 0.1) is 5.92 Å². The molecule has 3 heteroatoms. The van der Waals surface area contributed by atoms with Crippen LogP contribution in [-0.2, 0) is 12.1 Å². The van der Waals surface area contributed by atoms with Gasteiger partial charge in [0.1, 0.15) is 0 Å². The fraction of sp³-hybridized carbons (Fsp3) is 0.280. The number of aliphatic hydroxyl groups excluding tert-OH is 1. The highest BCUT2D eigenvalue weighted by Gasteiger charge is 2.46. The smallest absolute Gasteiger partial charge is 0.0977 e. The van der Waals surface area contributed by atoms with Crippen LogP contribution in [0.3, 0.4) is 0 Å². The van der Waals surface area contributed by atoms with Gasteiger partial charge in [0.2, 0.25) is 0 Å². The van der Waals surface area contributed by atoms with Crippen LogP contribution in [0.1, 0.15) is 29.2 Å². The predicted molar refractivity (Wildman–Crippen MR) is 112 cm³/mol. The molecule has 1 aliphatic heterocycles. The van der Waals surface area contributed by atoms with Crippen molar-refractivity contribution in [2.24, 2.45) is 5.92 Å². The average Bonchev–Trinajstić information content (AvgIpc) is 2.77. The molecule has 2 N–H and O–H groups in total. The second-order valence-electron chi connectivity index (χ2n) is 7.72. The molecule has 0 radical (unpaired) electrons. The third-order valence-corrected chi connectivity index (χ3v) is 5.92. The minimum absolute atomic E-state index is 0.310. The van der Waals surface area contributed by atoms with E-state index in [1.807, 2.05) is 66.7 Å². The highest BCUT2D eigenvalue weighted by molar-refractivity contribution is 5.28. The number of rotatable bonds is 5. The Morgan fingerprint density at radius 2 is 1.43 bits per heavy atom. The Hall–Kier alpha value is -2.46. The van der Waals surface area contributed by atoms with Gasteiger partial charge in [-0.1, -0.05) is 91.0 Å². The van der Waals surface area contributed by atoms with Crippen molar-refractivity contribution in [2.45, 2.75) is 24.7 Å². The molecular formula is C25H27NO2. The van der Waals surface area contributed by atoms with Crippen LogP contribution in [-0.4, -0.2) is 28.2 Å². The van der Waals surface area contributed by atoms with Gasteiger partial charge in [-0.2, -0.15) is 0 Å². The molecule has 1 fully saturated rings. The van der Waals surface area contributed by atoms with Gasteiger partial charge in [0.05, 0.1) is 11.7 Å². The van der Waals surface area contributed by atoms with Crippen molar-refractivity contribution in [3.05, 3.63) is 108 Å². The van der Waals surface area contributed by atoms with E-state index in [-0.39, 0.29) is 5.92 Å². The first-order chi connectivity index (χ1) is 13.7.